The molecule has 0 radical (unpaired) electrons. The van der Waals surface area contributed by atoms with Crippen LogP contribution in [0.1, 0.15) is 54.7 Å². The van der Waals surface area contributed by atoms with Crippen LogP contribution in [0.25, 0.3) is 0 Å². The van der Waals surface area contributed by atoms with Crippen molar-refractivity contribution in [1.29, 1.82) is 0 Å². The van der Waals surface area contributed by atoms with Gasteiger partial charge in [0.05, 0.1) is 12.4 Å². The first kappa shape index (κ1) is 17.0. The zero-order chi connectivity index (χ0) is 17.2. The summed E-state index contributed by atoms with van der Waals surface area (Å²) >= 11 is 1.20. The number of rotatable bonds is 5. The summed E-state index contributed by atoms with van der Waals surface area (Å²) in [5.41, 5.74) is 1.05. The SMILES string of the molecule is C=CC1(SC(=O)c2c(F)ncn2[C@H](C)c2ccccc2)CCCC1. The minimum absolute atomic E-state index is 0.0458. The van der Waals surface area contributed by atoms with E-state index in [1.807, 2.05) is 43.3 Å². The molecule has 0 saturated heterocycles. The molecular weight excluding hydrogens is 323 g/mol. The summed E-state index contributed by atoms with van der Waals surface area (Å²) in [6.45, 7) is 5.83. The van der Waals surface area contributed by atoms with Crippen molar-refractivity contribution < 1.29 is 9.18 Å². The maximum atomic E-state index is 14.2. The number of carbonyl (C=O) groups excluding carboxylic acids is 1. The van der Waals surface area contributed by atoms with E-state index >= 15 is 0 Å². The van der Waals surface area contributed by atoms with Crippen molar-refractivity contribution in [3.05, 3.63) is 66.5 Å². The molecule has 0 unspecified atom stereocenters. The maximum absolute atomic E-state index is 14.2. The Labute approximate surface area is 146 Å². The summed E-state index contributed by atoms with van der Waals surface area (Å²) in [6.07, 6.45) is 7.24. The molecule has 5 heteroatoms. The molecule has 1 atom stereocenters. The zero-order valence-corrected chi connectivity index (χ0v) is 14.6. The molecule has 1 aliphatic carbocycles. The molecule has 1 aliphatic rings. The van der Waals surface area contributed by atoms with E-state index in [2.05, 4.69) is 11.6 Å². The van der Waals surface area contributed by atoms with Gasteiger partial charge < -0.3 is 4.57 Å². The lowest BCUT2D eigenvalue weighted by atomic mass is 10.1. The zero-order valence-electron chi connectivity index (χ0n) is 13.7. The van der Waals surface area contributed by atoms with Crippen molar-refractivity contribution in [2.45, 2.75) is 43.4 Å². The molecule has 0 N–H and O–H groups in total. The third-order valence-electron chi connectivity index (χ3n) is 4.76. The van der Waals surface area contributed by atoms with Crippen molar-refractivity contribution in [3.63, 3.8) is 0 Å². The molecule has 24 heavy (non-hydrogen) atoms. The molecule has 1 saturated carbocycles. The van der Waals surface area contributed by atoms with E-state index in [-0.39, 0.29) is 21.6 Å². The highest BCUT2D eigenvalue weighted by Gasteiger charge is 2.36. The van der Waals surface area contributed by atoms with E-state index in [0.29, 0.717) is 0 Å². The van der Waals surface area contributed by atoms with Crippen LogP contribution in [0.4, 0.5) is 4.39 Å². The van der Waals surface area contributed by atoms with Gasteiger partial charge in [0.2, 0.25) is 11.1 Å². The van der Waals surface area contributed by atoms with Gasteiger partial charge in [-0.05, 0) is 25.3 Å². The van der Waals surface area contributed by atoms with Gasteiger partial charge in [-0.2, -0.15) is 4.39 Å². The summed E-state index contributed by atoms with van der Waals surface area (Å²) in [6, 6.07) is 9.56. The Morgan fingerprint density at radius 2 is 2.04 bits per heavy atom. The van der Waals surface area contributed by atoms with Crippen LogP contribution in [0.3, 0.4) is 0 Å². The Hall–Kier alpha value is -1.88. The molecule has 0 amide bonds. The van der Waals surface area contributed by atoms with Crippen molar-refractivity contribution in [2.24, 2.45) is 0 Å². The third-order valence-corrected chi connectivity index (χ3v) is 6.12. The van der Waals surface area contributed by atoms with Gasteiger partial charge >= 0.3 is 0 Å². The quantitative estimate of drug-likeness (QED) is 0.716. The van der Waals surface area contributed by atoms with Gasteiger partial charge in [-0.3, -0.25) is 4.79 Å². The number of hydrogen-bond donors (Lipinski definition) is 0. The number of carbonyl (C=O) groups is 1. The normalized spacial score (nSPS) is 17.6. The Kier molecular flexibility index (Phi) is 4.90. The Bertz CT molecular complexity index is 735. The van der Waals surface area contributed by atoms with E-state index in [4.69, 9.17) is 0 Å². The molecule has 0 bridgehead atoms. The van der Waals surface area contributed by atoms with Crippen LogP contribution in [0.5, 0.6) is 0 Å². The average molecular weight is 344 g/mol. The van der Waals surface area contributed by atoms with Crippen LogP contribution in [0, 0.1) is 5.95 Å². The van der Waals surface area contributed by atoms with Crippen molar-refractivity contribution in [1.82, 2.24) is 9.55 Å². The number of hydrogen-bond acceptors (Lipinski definition) is 3. The predicted octanol–water partition coefficient (Wildman–Crippen LogP) is 5.00. The summed E-state index contributed by atoms with van der Waals surface area (Å²) in [7, 11) is 0. The first-order valence-electron chi connectivity index (χ1n) is 8.20. The van der Waals surface area contributed by atoms with Gasteiger partial charge in [0.1, 0.15) is 0 Å². The first-order valence-corrected chi connectivity index (χ1v) is 9.02. The highest BCUT2D eigenvalue weighted by Crippen LogP contribution is 2.44. The molecule has 3 rings (SSSR count). The fourth-order valence-corrected chi connectivity index (χ4v) is 4.50. The fourth-order valence-electron chi connectivity index (χ4n) is 3.27. The molecule has 0 aliphatic heterocycles. The van der Waals surface area contributed by atoms with E-state index in [1.54, 1.807) is 4.57 Å². The topological polar surface area (TPSA) is 34.9 Å². The molecule has 0 spiro atoms. The van der Waals surface area contributed by atoms with E-state index < -0.39 is 5.95 Å². The molecule has 3 nitrogen and oxygen atoms in total. The monoisotopic (exact) mass is 344 g/mol. The summed E-state index contributed by atoms with van der Waals surface area (Å²) in [5, 5.41) is -0.269. The van der Waals surface area contributed by atoms with Gasteiger partial charge in [-0.1, -0.05) is 61.0 Å². The number of imidazole rings is 1. The summed E-state index contributed by atoms with van der Waals surface area (Å²) in [4.78, 5) is 16.6. The molecule has 1 heterocycles. The van der Waals surface area contributed by atoms with Crippen LogP contribution < -0.4 is 0 Å². The van der Waals surface area contributed by atoms with Crippen LogP contribution in [0.2, 0.25) is 0 Å². The van der Waals surface area contributed by atoms with Gasteiger partial charge in [0.25, 0.3) is 0 Å². The largest absolute Gasteiger partial charge is 0.318 e. The average Bonchev–Trinajstić information content (AvgIpc) is 3.22. The summed E-state index contributed by atoms with van der Waals surface area (Å²) < 4.78 is 15.6. The Morgan fingerprint density at radius 1 is 1.38 bits per heavy atom. The van der Waals surface area contributed by atoms with Gasteiger partial charge in [0, 0.05) is 4.75 Å². The molecule has 1 aromatic carbocycles. The Morgan fingerprint density at radius 3 is 2.67 bits per heavy atom. The van der Waals surface area contributed by atoms with E-state index in [9.17, 15) is 9.18 Å². The highest BCUT2D eigenvalue weighted by molar-refractivity contribution is 8.15. The fraction of sp³-hybridized carbons (Fsp3) is 0.368. The third kappa shape index (κ3) is 3.18. The van der Waals surface area contributed by atoms with Crippen LogP contribution in [-0.4, -0.2) is 19.4 Å². The lowest BCUT2D eigenvalue weighted by molar-refractivity contribution is 0.107. The molecule has 1 fully saturated rings. The number of benzene rings is 1. The van der Waals surface area contributed by atoms with Gasteiger partial charge in [-0.25, -0.2) is 4.98 Å². The second-order valence-corrected chi connectivity index (χ2v) is 7.63. The number of thioether (sulfide) groups is 1. The molecule has 2 aromatic rings. The smallest absolute Gasteiger partial charge is 0.242 e. The highest BCUT2D eigenvalue weighted by atomic mass is 32.2. The summed E-state index contributed by atoms with van der Waals surface area (Å²) in [5.74, 6) is -0.701. The lowest BCUT2D eigenvalue weighted by Crippen LogP contribution is -2.21. The second-order valence-electron chi connectivity index (χ2n) is 6.24. The first-order chi connectivity index (χ1) is 11.6. The van der Waals surface area contributed by atoms with Crippen molar-refractivity contribution in [3.8, 4) is 0 Å². The van der Waals surface area contributed by atoms with Crippen LogP contribution in [0.15, 0.2) is 49.3 Å². The molecular formula is C19H21FN2OS. The second kappa shape index (κ2) is 6.93. The predicted molar refractivity (Wildman–Crippen MR) is 95.8 cm³/mol. The van der Waals surface area contributed by atoms with Crippen molar-refractivity contribution >= 4 is 16.9 Å². The number of aromatic nitrogens is 2. The molecule has 126 valence electrons. The number of nitrogens with zero attached hydrogens (tertiary/aromatic N) is 2. The standard InChI is InChI=1S/C19H21FN2OS/c1-3-19(11-7-8-12-19)24-18(23)16-17(20)21-13-22(16)14(2)15-9-5-4-6-10-15/h3-6,9-10,13-14H,1,7-8,11-12H2,2H3/t14-/m1/s1. The van der Waals surface area contributed by atoms with Gasteiger partial charge in [0.15, 0.2) is 5.69 Å². The lowest BCUT2D eigenvalue weighted by Gasteiger charge is -2.23. The minimum Gasteiger partial charge on any atom is -0.318 e. The van der Waals surface area contributed by atoms with Crippen LogP contribution >= 0.6 is 11.8 Å². The minimum atomic E-state index is -0.701. The Balaban J connectivity index is 1.90. The number of halogens is 1. The van der Waals surface area contributed by atoms with E-state index in [0.717, 1.165) is 31.2 Å². The maximum Gasteiger partial charge on any atom is 0.242 e. The van der Waals surface area contributed by atoms with E-state index in [1.165, 1.54) is 18.1 Å². The molecule has 1 aromatic heterocycles. The van der Waals surface area contributed by atoms with Gasteiger partial charge in [-0.15, -0.1) is 6.58 Å². The van der Waals surface area contributed by atoms with Crippen molar-refractivity contribution in [2.75, 3.05) is 0 Å². The van der Waals surface area contributed by atoms with Crippen LogP contribution in [-0.2, 0) is 0 Å².